The zero-order valence-electron chi connectivity index (χ0n) is 16.1. The van der Waals surface area contributed by atoms with Crippen LogP contribution < -0.4 is 15.6 Å². The molecule has 1 saturated heterocycles. The summed E-state index contributed by atoms with van der Waals surface area (Å²) in [5.41, 5.74) is 5.15. The van der Waals surface area contributed by atoms with E-state index in [-0.39, 0.29) is 5.97 Å². The lowest BCUT2D eigenvalue weighted by Gasteiger charge is -2.28. The molecule has 1 aromatic rings. The number of nitrogens with zero attached hydrogens (tertiary/aromatic N) is 2. The van der Waals surface area contributed by atoms with Gasteiger partial charge in [-0.15, -0.1) is 0 Å². The summed E-state index contributed by atoms with van der Waals surface area (Å²) >= 11 is 5.20. The first-order valence-electron chi connectivity index (χ1n) is 9.68. The molecule has 0 bridgehead atoms. The van der Waals surface area contributed by atoms with Crippen molar-refractivity contribution in [2.75, 3.05) is 31.6 Å². The van der Waals surface area contributed by atoms with Crippen molar-refractivity contribution in [3.05, 3.63) is 29.8 Å². The third kappa shape index (κ3) is 8.39. The summed E-state index contributed by atoms with van der Waals surface area (Å²) in [5.74, 6) is -0.154. The molecule has 2 N–H and O–H groups in total. The number of hydrogen-bond acceptors (Lipinski definition) is 5. The van der Waals surface area contributed by atoms with Crippen LogP contribution in [0.4, 0.5) is 5.69 Å². The number of thiocarbonyl (C=S) groups is 1. The fraction of sp³-hybridized carbons (Fsp3) is 0.550. The molecule has 0 aromatic heterocycles. The van der Waals surface area contributed by atoms with Gasteiger partial charge in [0.2, 0.25) is 0 Å². The fourth-order valence-electron chi connectivity index (χ4n) is 3.00. The highest BCUT2D eigenvalue weighted by Crippen LogP contribution is 2.19. The highest BCUT2D eigenvalue weighted by Gasteiger charge is 2.10. The van der Waals surface area contributed by atoms with E-state index in [0.717, 1.165) is 44.5 Å². The summed E-state index contributed by atoms with van der Waals surface area (Å²) in [6, 6.07) is 8.45. The third-order valence-electron chi connectivity index (χ3n) is 4.56. The normalized spacial score (nSPS) is 14.2. The molecule has 0 saturated carbocycles. The molecule has 1 aliphatic heterocycles. The second-order valence-corrected chi connectivity index (χ2v) is 7.06. The fourth-order valence-corrected chi connectivity index (χ4v) is 3.16. The Morgan fingerprint density at radius 1 is 1.19 bits per heavy atom. The van der Waals surface area contributed by atoms with Crippen LogP contribution in [0.25, 0.3) is 0 Å². The van der Waals surface area contributed by atoms with Gasteiger partial charge in [0.05, 0.1) is 13.3 Å². The van der Waals surface area contributed by atoms with Gasteiger partial charge >= 0.3 is 5.97 Å². The van der Waals surface area contributed by atoms with Gasteiger partial charge in [0.1, 0.15) is 0 Å². The lowest BCUT2D eigenvalue weighted by atomic mass is 10.1. The average Bonchev–Trinajstić information content (AvgIpc) is 2.71. The van der Waals surface area contributed by atoms with Gasteiger partial charge < -0.3 is 15.0 Å². The number of piperidine rings is 1. The van der Waals surface area contributed by atoms with Gasteiger partial charge in [-0.1, -0.05) is 18.6 Å². The molecule has 0 radical (unpaired) electrons. The Balaban J connectivity index is 1.60. The largest absolute Gasteiger partial charge is 0.469 e. The molecule has 7 heteroatoms. The lowest BCUT2D eigenvalue weighted by Crippen LogP contribution is -2.32. The van der Waals surface area contributed by atoms with E-state index in [4.69, 9.17) is 12.2 Å². The first-order valence-corrected chi connectivity index (χ1v) is 10.1. The van der Waals surface area contributed by atoms with E-state index < -0.39 is 0 Å². The van der Waals surface area contributed by atoms with E-state index >= 15 is 0 Å². The molecule has 1 aliphatic rings. The number of nitrogens with one attached hydrogen (secondary N) is 2. The summed E-state index contributed by atoms with van der Waals surface area (Å²) in [6.07, 6.45) is 8.88. The van der Waals surface area contributed by atoms with Crippen LogP contribution in [0.2, 0.25) is 0 Å². The molecular weight excluding hydrogens is 360 g/mol. The van der Waals surface area contributed by atoms with Crippen molar-refractivity contribution in [1.82, 2.24) is 10.7 Å². The maximum Gasteiger partial charge on any atom is 0.305 e. The Hall–Kier alpha value is -2.15. The Kier molecular flexibility index (Phi) is 9.62. The zero-order valence-corrected chi connectivity index (χ0v) is 16.9. The van der Waals surface area contributed by atoms with Gasteiger partial charge in [0.25, 0.3) is 0 Å². The van der Waals surface area contributed by atoms with E-state index in [2.05, 4.69) is 49.7 Å². The molecule has 1 aromatic carbocycles. The van der Waals surface area contributed by atoms with Crippen molar-refractivity contribution < 1.29 is 9.53 Å². The van der Waals surface area contributed by atoms with Crippen molar-refractivity contribution in [2.45, 2.75) is 44.9 Å². The Bertz CT molecular complexity index is 613. The van der Waals surface area contributed by atoms with Crippen molar-refractivity contribution in [2.24, 2.45) is 5.10 Å². The second kappa shape index (κ2) is 12.3. The molecule has 6 nitrogen and oxygen atoms in total. The van der Waals surface area contributed by atoms with E-state index in [0.29, 0.717) is 11.5 Å². The number of methoxy groups -OCH3 is 1. The van der Waals surface area contributed by atoms with Crippen molar-refractivity contribution in [3.8, 4) is 0 Å². The zero-order chi connectivity index (χ0) is 19.3. The topological polar surface area (TPSA) is 66.0 Å². The molecular formula is C20H30N4O2S. The van der Waals surface area contributed by atoms with Crippen LogP contribution in [0.15, 0.2) is 29.4 Å². The number of esters is 1. The van der Waals surface area contributed by atoms with Crippen LogP contribution in [0.1, 0.15) is 50.5 Å². The van der Waals surface area contributed by atoms with Gasteiger partial charge in [0, 0.05) is 31.7 Å². The van der Waals surface area contributed by atoms with Gasteiger partial charge in [-0.25, -0.2) is 0 Å². The summed E-state index contributed by atoms with van der Waals surface area (Å²) in [4.78, 5) is 13.4. The van der Waals surface area contributed by atoms with Crippen LogP contribution >= 0.6 is 12.2 Å². The SMILES string of the molecule is COC(=O)CCCCCNC(=S)N/N=C\c1ccc(N2CCCCC2)cc1. The van der Waals surface area contributed by atoms with Crippen LogP contribution in [0.3, 0.4) is 0 Å². The molecule has 148 valence electrons. The van der Waals surface area contributed by atoms with Crippen molar-refractivity contribution >= 4 is 35.2 Å². The second-order valence-electron chi connectivity index (χ2n) is 6.65. The number of hydrazone groups is 1. The van der Waals surface area contributed by atoms with Crippen LogP contribution in [-0.2, 0) is 9.53 Å². The number of rotatable bonds is 9. The minimum Gasteiger partial charge on any atom is -0.469 e. The Labute approximate surface area is 167 Å². The number of carbonyl (C=O) groups is 1. The summed E-state index contributed by atoms with van der Waals surface area (Å²) in [6.45, 7) is 3.06. The highest BCUT2D eigenvalue weighted by molar-refractivity contribution is 7.80. The number of anilines is 1. The van der Waals surface area contributed by atoms with Crippen molar-refractivity contribution in [1.29, 1.82) is 0 Å². The van der Waals surface area contributed by atoms with Crippen LogP contribution in [-0.4, -0.2) is 44.0 Å². The number of unbranched alkanes of at least 4 members (excludes halogenated alkanes) is 2. The number of carbonyl (C=O) groups excluding carboxylic acids is 1. The molecule has 0 spiro atoms. The van der Waals surface area contributed by atoms with Gasteiger partial charge in [-0.05, 0) is 62.0 Å². The number of ether oxygens (including phenoxy) is 1. The minimum atomic E-state index is -0.154. The average molecular weight is 391 g/mol. The molecule has 0 unspecified atom stereocenters. The predicted octanol–water partition coefficient (Wildman–Crippen LogP) is 3.21. The van der Waals surface area contributed by atoms with Gasteiger partial charge in [0.15, 0.2) is 5.11 Å². The quantitative estimate of drug-likeness (QED) is 0.222. The summed E-state index contributed by atoms with van der Waals surface area (Å²) < 4.78 is 4.61. The molecule has 0 aliphatic carbocycles. The molecule has 2 rings (SSSR count). The molecule has 1 fully saturated rings. The molecule has 0 amide bonds. The maximum atomic E-state index is 11.0. The van der Waals surface area contributed by atoms with E-state index in [9.17, 15) is 4.79 Å². The van der Waals surface area contributed by atoms with E-state index in [1.165, 1.54) is 32.1 Å². The Morgan fingerprint density at radius 3 is 2.63 bits per heavy atom. The highest BCUT2D eigenvalue weighted by atomic mass is 32.1. The lowest BCUT2D eigenvalue weighted by molar-refractivity contribution is -0.140. The monoisotopic (exact) mass is 390 g/mol. The van der Waals surface area contributed by atoms with E-state index in [1.54, 1.807) is 6.21 Å². The summed E-state index contributed by atoms with van der Waals surface area (Å²) in [7, 11) is 1.41. The van der Waals surface area contributed by atoms with Gasteiger partial charge in [-0.2, -0.15) is 5.10 Å². The van der Waals surface area contributed by atoms with Gasteiger partial charge in [-0.3, -0.25) is 10.2 Å². The molecule has 0 atom stereocenters. The smallest absolute Gasteiger partial charge is 0.305 e. The van der Waals surface area contributed by atoms with Crippen molar-refractivity contribution in [3.63, 3.8) is 0 Å². The van der Waals surface area contributed by atoms with E-state index in [1.807, 2.05) is 0 Å². The number of hydrogen-bond donors (Lipinski definition) is 2. The Morgan fingerprint density at radius 2 is 1.93 bits per heavy atom. The third-order valence-corrected chi connectivity index (χ3v) is 4.80. The predicted molar refractivity (Wildman–Crippen MR) is 114 cm³/mol. The minimum absolute atomic E-state index is 0.154. The van der Waals surface area contributed by atoms with Crippen LogP contribution in [0.5, 0.6) is 0 Å². The van der Waals surface area contributed by atoms with Crippen LogP contribution in [0, 0.1) is 0 Å². The standard InChI is InChI=1S/C20H30N4O2S/c1-26-19(25)8-4-2-5-13-21-20(27)23-22-16-17-9-11-18(12-10-17)24-14-6-3-7-15-24/h9-12,16H,2-8,13-15H2,1H3,(H2,21,23,27)/b22-16-. The first-order chi connectivity index (χ1) is 13.2. The number of benzene rings is 1. The summed E-state index contributed by atoms with van der Waals surface area (Å²) in [5, 5.41) is 7.79. The molecule has 27 heavy (non-hydrogen) atoms. The maximum absolute atomic E-state index is 11.0. The first kappa shape index (κ1) is 21.2. The molecule has 1 heterocycles.